The summed E-state index contributed by atoms with van der Waals surface area (Å²) in [7, 11) is 1.68. The number of fused-ring (bicyclic) bond motifs is 1. The van der Waals surface area contributed by atoms with Crippen LogP contribution in [-0.4, -0.2) is 53.8 Å². The minimum absolute atomic E-state index is 0.00509. The average Bonchev–Trinajstić information content (AvgIpc) is 3.17. The number of phenols is 1. The van der Waals surface area contributed by atoms with E-state index in [0.717, 1.165) is 36.2 Å². The first kappa shape index (κ1) is 21.7. The van der Waals surface area contributed by atoms with Crippen molar-refractivity contribution in [3.8, 4) is 5.75 Å². The highest BCUT2D eigenvalue weighted by molar-refractivity contribution is 6.09. The molecule has 1 aliphatic rings. The number of phenolic OH excluding ortho intramolecular Hbond substituents is 1. The Balaban J connectivity index is 1.56. The topological polar surface area (TPSA) is 102 Å². The molecular weight excluding hydrogens is 406 g/mol. The molecule has 2 amide bonds. The molecule has 1 fully saturated rings. The second kappa shape index (κ2) is 8.90. The minimum Gasteiger partial charge on any atom is -0.507 e. The first-order chi connectivity index (χ1) is 15.3. The van der Waals surface area contributed by atoms with E-state index in [9.17, 15) is 14.7 Å². The van der Waals surface area contributed by atoms with Crippen LogP contribution in [0.2, 0.25) is 0 Å². The molecule has 3 aromatic rings. The summed E-state index contributed by atoms with van der Waals surface area (Å²) in [6, 6.07) is 10.8. The van der Waals surface area contributed by atoms with Crippen LogP contribution in [0.15, 0.2) is 36.4 Å². The lowest BCUT2D eigenvalue weighted by atomic mass is 10.0. The highest BCUT2D eigenvalue weighted by Gasteiger charge is 2.21. The van der Waals surface area contributed by atoms with E-state index >= 15 is 0 Å². The van der Waals surface area contributed by atoms with Crippen LogP contribution in [0.1, 0.15) is 36.3 Å². The highest BCUT2D eigenvalue weighted by atomic mass is 16.3. The van der Waals surface area contributed by atoms with Gasteiger partial charge in [0.25, 0.3) is 5.91 Å². The van der Waals surface area contributed by atoms with Gasteiger partial charge in [-0.3, -0.25) is 14.7 Å². The van der Waals surface area contributed by atoms with Gasteiger partial charge in [-0.25, -0.2) is 0 Å². The number of nitrogens with one attached hydrogen (secondary N) is 2. The number of carbonyl (C=O) groups is 2. The smallest absolute Gasteiger partial charge is 0.261 e. The van der Waals surface area contributed by atoms with E-state index in [4.69, 9.17) is 0 Å². The Morgan fingerprint density at radius 2 is 2.00 bits per heavy atom. The molecule has 2 heterocycles. The third-order valence-corrected chi connectivity index (χ3v) is 5.90. The number of H-pyrrole nitrogens is 1. The molecule has 3 N–H and O–H groups in total. The Morgan fingerprint density at radius 1 is 1.25 bits per heavy atom. The van der Waals surface area contributed by atoms with Crippen LogP contribution in [0.3, 0.4) is 0 Å². The number of piperazine rings is 1. The van der Waals surface area contributed by atoms with Crippen molar-refractivity contribution in [2.75, 3.05) is 36.5 Å². The fourth-order valence-corrected chi connectivity index (χ4v) is 3.94. The molecule has 0 bridgehead atoms. The Morgan fingerprint density at radius 3 is 2.69 bits per heavy atom. The SMILES string of the molecule is CC(C)CCc1[nH]nc2cc(O)c(C(=O)N(C)c3ccc(N4CCNC(=O)C4)cc3)cc12. The number of benzene rings is 2. The second-order valence-corrected chi connectivity index (χ2v) is 8.67. The highest BCUT2D eigenvalue weighted by Crippen LogP contribution is 2.29. The molecule has 1 saturated heterocycles. The summed E-state index contributed by atoms with van der Waals surface area (Å²) in [5.41, 5.74) is 3.49. The maximum Gasteiger partial charge on any atom is 0.261 e. The molecule has 0 unspecified atom stereocenters. The number of aromatic amines is 1. The fourth-order valence-electron chi connectivity index (χ4n) is 3.94. The molecule has 0 spiro atoms. The van der Waals surface area contributed by atoms with E-state index in [2.05, 4.69) is 29.4 Å². The molecule has 0 radical (unpaired) electrons. The van der Waals surface area contributed by atoms with Crippen molar-refractivity contribution in [3.05, 3.63) is 47.7 Å². The van der Waals surface area contributed by atoms with Crippen molar-refractivity contribution in [3.63, 3.8) is 0 Å². The van der Waals surface area contributed by atoms with E-state index in [-0.39, 0.29) is 23.1 Å². The molecule has 4 rings (SSSR count). The zero-order chi connectivity index (χ0) is 22.8. The number of aryl methyl sites for hydroxylation is 1. The molecule has 0 aliphatic carbocycles. The molecule has 1 aliphatic heterocycles. The molecule has 1 aromatic heterocycles. The minimum atomic E-state index is -0.300. The zero-order valence-electron chi connectivity index (χ0n) is 18.7. The lowest BCUT2D eigenvalue weighted by Crippen LogP contribution is -2.47. The number of amides is 2. The summed E-state index contributed by atoms with van der Waals surface area (Å²) in [6.07, 6.45) is 1.84. The van der Waals surface area contributed by atoms with E-state index in [1.165, 1.54) is 11.0 Å². The summed E-state index contributed by atoms with van der Waals surface area (Å²) in [4.78, 5) is 28.4. The number of nitrogens with zero attached hydrogens (tertiary/aromatic N) is 3. The van der Waals surface area contributed by atoms with Gasteiger partial charge in [-0.2, -0.15) is 5.10 Å². The number of rotatable bonds is 6. The van der Waals surface area contributed by atoms with Crippen LogP contribution in [-0.2, 0) is 11.2 Å². The monoisotopic (exact) mass is 435 g/mol. The Hall–Kier alpha value is -3.55. The normalized spacial score (nSPS) is 14.1. The largest absolute Gasteiger partial charge is 0.507 e. The summed E-state index contributed by atoms with van der Waals surface area (Å²) in [6.45, 7) is 6.02. The predicted molar refractivity (Wildman–Crippen MR) is 125 cm³/mol. The summed E-state index contributed by atoms with van der Waals surface area (Å²) < 4.78 is 0. The molecule has 0 atom stereocenters. The molecule has 8 heteroatoms. The van der Waals surface area contributed by atoms with E-state index in [1.54, 1.807) is 13.1 Å². The number of hydrogen-bond acceptors (Lipinski definition) is 5. The summed E-state index contributed by atoms with van der Waals surface area (Å²) in [5, 5.41) is 21.5. The Kier molecular flexibility index (Phi) is 6.03. The van der Waals surface area contributed by atoms with Gasteiger partial charge in [0.15, 0.2) is 0 Å². The standard InChI is InChI=1S/C24H29N5O3/c1-15(2)4-9-20-18-12-19(22(30)13-21(18)27-26-20)24(32)28(3)16-5-7-17(8-6-16)29-11-10-25-23(31)14-29/h5-8,12-13,15,30H,4,9-11,14H2,1-3H3,(H,25,31)(H,26,27). The van der Waals surface area contributed by atoms with Gasteiger partial charge < -0.3 is 20.2 Å². The van der Waals surface area contributed by atoms with Gasteiger partial charge in [0, 0.05) is 48.7 Å². The van der Waals surface area contributed by atoms with Crippen molar-refractivity contribution >= 4 is 34.1 Å². The van der Waals surface area contributed by atoms with Crippen molar-refractivity contribution in [1.29, 1.82) is 0 Å². The molecular formula is C24H29N5O3. The number of aromatic hydroxyl groups is 1. The molecule has 168 valence electrons. The molecule has 8 nitrogen and oxygen atoms in total. The van der Waals surface area contributed by atoms with Crippen LogP contribution < -0.4 is 15.1 Å². The molecule has 32 heavy (non-hydrogen) atoms. The van der Waals surface area contributed by atoms with Crippen LogP contribution in [0.25, 0.3) is 10.9 Å². The van der Waals surface area contributed by atoms with Crippen molar-refractivity contribution in [1.82, 2.24) is 15.5 Å². The van der Waals surface area contributed by atoms with Crippen LogP contribution >= 0.6 is 0 Å². The second-order valence-electron chi connectivity index (χ2n) is 8.67. The van der Waals surface area contributed by atoms with E-state index in [1.807, 2.05) is 29.2 Å². The summed E-state index contributed by atoms with van der Waals surface area (Å²) >= 11 is 0. The first-order valence-electron chi connectivity index (χ1n) is 10.9. The lowest BCUT2D eigenvalue weighted by Gasteiger charge is -2.29. The van der Waals surface area contributed by atoms with E-state index in [0.29, 0.717) is 30.2 Å². The van der Waals surface area contributed by atoms with Crippen LogP contribution in [0, 0.1) is 5.92 Å². The van der Waals surface area contributed by atoms with Gasteiger partial charge >= 0.3 is 0 Å². The average molecular weight is 436 g/mol. The maximum absolute atomic E-state index is 13.2. The van der Waals surface area contributed by atoms with Gasteiger partial charge in [0.05, 0.1) is 17.6 Å². The van der Waals surface area contributed by atoms with Crippen molar-refractivity contribution in [2.45, 2.75) is 26.7 Å². The van der Waals surface area contributed by atoms with Crippen molar-refractivity contribution < 1.29 is 14.7 Å². The van der Waals surface area contributed by atoms with Gasteiger partial charge in [-0.05, 0) is 49.1 Å². The third-order valence-electron chi connectivity index (χ3n) is 5.90. The van der Waals surface area contributed by atoms with Gasteiger partial charge in [0.2, 0.25) is 5.91 Å². The van der Waals surface area contributed by atoms with Crippen molar-refractivity contribution in [2.24, 2.45) is 5.92 Å². The first-order valence-corrected chi connectivity index (χ1v) is 10.9. The van der Waals surface area contributed by atoms with Gasteiger partial charge in [0.1, 0.15) is 5.75 Å². The fraction of sp³-hybridized carbons (Fsp3) is 0.375. The lowest BCUT2D eigenvalue weighted by molar-refractivity contribution is -0.120. The van der Waals surface area contributed by atoms with Gasteiger partial charge in [-0.1, -0.05) is 13.8 Å². The molecule has 0 saturated carbocycles. The van der Waals surface area contributed by atoms with E-state index < -0.39 is 0 Å². The molecule has 2 aromatic carbocycles. The van der Waals surface area contributed by atoms with Gasteiger partial charge in [-0.15, -0.1) is 0 Å². The van der Waals surface area contributed by atoms with Crippen LogP contribution in [0.4, 0.5) is 11.4 Å². The Labute approximate surface area is 187 Å². The quantitative estimate of drug-likeness (QED) is 0.552. The number of carbonyl (C=O) groups excluding carboxylic acids is 2. The van der Waals surface area contributed by atoms with Crippen LogP contribution in [0.5, 0.6) is 5.75 Å². The number of aromatic nitrogens is 2. The predicted octanol–water partition coefficient (Wildman–Crippen LogP) is 3.07. The summed E-state index contributed by atoms with van der Waals surface area (Å²) in [5.74, 6) is 0.170. The third kappa shape index (κ3) is 4.39. The number of anilines is 2. The number of hydrogen-bond donors (Lipinski definition) is 3. The zero-order valence-corrected chi connectivity index (χ0v) is 18.7. The Bertz CT molecular complexity index is 1140. The maximum atomic E-state index is 13.2.